The second-order valence-electron chi connectivity index (χ2n) is 9.81. The molecule has 0 aliphatic heterocycles. The minimum atomic E-state index is -3.21. The molecule has 2 N–H and O–H groups in total. The predicted octanol–water partition coefficient (Wildman–Crippen LogP) is 5.21. The summed E-state index contributed by atoms with van der Waals surface area (Å²) < 4.78 is 56.7. The molecule has 0 radical (unpaired) electrons. The van der Waals surface area contributed by atoms with Gasteiger partial charge in [-0.05, 0) is 49.6 Å². The number of halogens is 3. The molecule has 1 saturated carbocycles. The Balaban J connectivity index is 1.66. The minimum absolute atomic E-state index is 0.0143. The van der Waals surface area contributed by atoms with Gasteiger partial charge in [0.1, 0.15) is 23.2 Å². The SMILES string of the molecule is CCCCOC(=O)NC(C)(C)c1ccc2c(-c3cc(OC)c(C(=O)NC4CC4F)c(OC(F)F)c3)cnn2c1. The molecule has 2 aromatic heterocycles. The van der Waals surface area contributed by atoms with Gasteiger partial charge in [0.2, 0.25) is 0 Å². The van der Waals surface area contributed by atoms with E-state index >= 15 is 0 Å². The van der Waals surface area contributed by atoms with Gasteiger partial charge in [-0.2, -0.15) is 13.9 Å². The summed E-state index contributed by atoms with van der Waals surface area (Å²) in [6.45, 7) is 2.78. The molecule has 0 bridgehead atoms. The molecular formula is C27H31F3N4O5. The van der Waals surface area contributed by atoms with E-state index < -0.39 is 42.1 Å². The molecular weight excluding hydrogens is 517 g/mol. The Morgan fingerprint density at radius 1 is 1.23 bits per heavy atom. The number of fused-ring (bicyclic) bond motifs is 1. The van der Waals surface area contributed by atoms with Crippen molar-refractivity contribution < 1.29 is 37.0 Å². The van der Waals surface area contributed by atoms with Crippen molar-refractivity contribution in [2.45, 2.75) is 64.4 Å². The fraction of sp³-hybridized carbons (Fsp3) is 0.444. The Labute approximate surface area is 223 Å². The average molecular weight is 549 g/mol. The van der Waals surface area contributed by atoms with E-state index in [-0.39, 0.29) is 17.7 Å². The fourth-order valence-electron chi connectivity index (χ4n) is 4.12. The number of rotatable bonds is 11. The topological polar surface area (TPSA) is 103 Å². The van der Waals surface area contributed by atoms with Crippen LogP contribution in [-0.4, -0.2) is 54.2 Å². The molecule has 9 nitrogen and oxygen atoms in total. The molecule has 2 heterocycles. The van der Waals surface area contributed by atoms with Crippen molar-refractivity contribution in [1.29, 1.82) is 0 Å². The number of benzene rings is 1. The van der Waals surface area contributed by atoms with Crippen molar-refractivity contribution in [3.8, 4) is 22.6 Å². The van der Waals surface area contributed by atoms with Gasteiger partial charge in [0.25, 0.3) is 5.91 Å². The number of carbonyl (C=O) groups is 2. The van der Waals surface area contributed by atoms with E-state index in [2.05, 4.69) is 20.5 Å². The zero-order valence-electron chi connectivity index (χ0n) is 22.1. The Morgan fingerprint density at radius 3 is 2.59 bits per heavy atom. The summed E-state index contributed by atoms with van der Waals surface area (Å²) in [5.74, 6) is -1.19. The molecule has 3 aromatic rings. The molecule has 210 valence electrons. The van der Waals surface area contributed by atoms with Crippen LogP contribution >= 0.6 is 0 Å². The first-order valence-electron chi connectivity index (χ1n) is 12.6. The summed E-state index contributed by atoms with van der Waals surface area (Å²) in [5.41, 5.74) is 1.31. The molecule has 2 amide bonds. The first-order valence-corrected chi connectivity index (χ1v) is 12.6. The number of aromatic nitrogens is 2. The number of nitrogens with zero attached hydrogens (tertiary/aromatic N) is 2. The van der Waals surface area contributed by atoms with Gasteiger partial charge in [-0.3, -0.25) is 4.79 Å². The second kappa shape index (κ2) is 11.4. The first-order chi connectivity index (χ1) is 18.5. The minimum Gasteiger partial charge on any atom is -0.496 e. The van der Waals surface area contributed by atoms with Gasteiger partial charge < -0.3 is 24.8 Å². The van der Waals surface area contributed by atoms with Gasteiger partial charge in [-0.25, -0.2) is 13.7 Å². The van der Waals surface area contributed by atoms with Crippen LogP contribution in [0, 0.1) is 0 Å². The third-order valence-electron chi connectivity index (χ3n) is 6.45. The van der Waals surface area contributed by atoms with E-state index in [1.54, 1.807) is 16.8 Å². The van der Waals surface area contributed by atoms with Crippen molar-refractivity contribution in [3.05, 3.63) is 47.8 Å². The molecule has 0 spiro atoms. The molecule has 2 unspecified atom stereocenters. The van der Waals surface area contributed by atoms with Gasteiger partial charge in [-0.15, -0.1) is 0 Å². The largest absolute Gasteiger partial charge is 0.496 e. The normalized spacial score (nSPS) is 16.7. The zero-order chi connectivity index (χ0) is 28.3. The van der Waals surface area contributed by atoms with E-state index in [9.17, 15) is 22.8 Å². The quantitative estimate of drug-likeness (QED) is 0.319. The van der Waals surface area contributed by atoms with Crippen molar-refractivity contribution in [1.82, 2.24) is 20.2 Å². The maximum absolute atomic E-state index is 13.3. The smallest absolute Gasteiger partial charge is 0.407 e. The maximum Gasteiger partial charge on any atom is 0.407 e. The molecule has 1 aliphatic rings. The molecule has 4 rings (SSSR count). The maximum atomic E-state index is 13.3. The highest BCUT2D eigenvalue weighted by molar-refractivity contribution is 6.01. The number of methoxy groups -OCH3 is 1. The predicted molar refractivity (Wildman–Crippen MR) is 137 cm³/mol. The van der Waals surface area contributed by atoms with Crippen LogP contribution in [0.2, 0.25) is 0 Å². The molecule has 39 heavy (non-hydrogen) atoms. The van der Waals surface area contributed by atoms with Crippen LogP contribution < -0.4 is 20.1 Å². The van der Waals surface area contributed by atoms with Crippen molar-refractivity contribution >= 4 is 17.5 Å². The molecule has 1 aliphatic carbocycles. The number of carbonyl (C=O) groups excluding carboxylic acids is 2. The number of pyridine rings is 1. The highest BCUT2D eigenvalue weighted by Gasteiger charge is 2.40. The van der Waals surface area contributed by atoms with E-state index in [1.807, 2.05) is 26.8 Å². The van der Waals surface area contributed by atoms with E-state index in [0.29, 0.717) is 23.3 Å². The van der Waals surface area contributed by atoms with Crippen molar-refractivity contribution in [2.75, 3.05) is 13.7 Å². The summed E-state index contributed by atoms with van der Waals surface area (Å²) in [4.78, 5) is 25.0. The molecule has 0 saturated heterocycles. The van der Waals surface area contributed by atoms with Gasteiger partial charge in [0, 0.05) is 18.2 Å². The van der Waals surface area contributed by atoms with Crippen LogP contribution in [0.3, 0.4) is 0 Å². The highest BCUT2D eigenvalue weighted by Crippen LogP contribution is 2.38. The summed E-state index contributed by atoms with van der Waals surface area (Å²) in [5, 5.41) is 9.70. The Kier molecular flexibility index (Phi) is 8.22. The lowest BCUT2D eigenvalue weighted by Gasteiger charge is -2.26. The number of hydrogen-bond donors (Lipinski definition) is 2. The van der Waals surface area contributed by atoms with Crippen LogP contribution in [0.5, 0.6) is 11.5 Å². The molecule has 1 fully saturated rings. The van der Waals surface area contributed by atoms with Crippen LogP contribution in [0.1, 0.15) is 56.0 Å². The zero-order valence-corrected chi connectivity index (χ0v) is 22.1. The second-order valence-corrected chi connectivity index (χ2v) is 9.81. The number of alkyl carbamates (subject to hydrolysis) is 1. The van der Waals surface area contributed by atoms with E-state index in [4.69, 9.17) is 9.47 Å². The summed E-state index contributed by atoms with van der Waals surface area (Å²) >= 11 is 0. The van der Waals surface area contributed by atoms with E-state index in [0.717, 1.165) is 18.4 Å². The summed E-state index contributed by atoms with van der Waals surface area (Å²) in [6, 6.07) is 5.72. The number of amides is 2. The van der Waals surface area contributed by atoms with E-state index in [1.165, 1.54) is 25.4 Å². The number of nitrogens with one attached hydrogen (secondary N) is 2. The first kappa shape index (κ1) is 28.1. The number of alkyl halides is 3. The monoisotopic (exact) mass is 548 g/mol. The van der Waals surface area contributed by atoms with Crippen molar-refractivity contribution in [2.24, 2.45) is 0 Å². The molecule has 12 heteroatoms. The van der Waals surface area contributed by atoms with Crippen LogP contribution in [0.25, 0.3) is 16.6 Å². The molecule has 1 aromatic carbocycles. The Hall–Kier alpha value is -3.96. The van der Waals surface area contributed by atoms with Gasteiger partial charge in [0.05, 0.1) is 37.0 Å². The third kappa shape index (κ3) is 6.37. The van der Waals surface area contributed by atoms with Gasteiger partial charge in [0.15, 0.2) is 0 Å². The Bertz CT molecular complexity index is 1360. The highest BCUT2D eigenvalue weighted by atomic mass is 19.3. The average Bonchev–Trinajstić information content (AvgIpc) is 3.39. The molecule has 2 atom stereocenters. The van der Waals surface area contributed by atoms with Crippen LogP contribution in [-0.2, 0) is 10.3 Å². The third-order valence-corrected chi connectivity index (χ3v) is 6.45. The Morgan fingerprint density at radius 2 is 1.95 bits per heavy atom. The van der Waals surface area contributed by atoms with Crippen LogP contribution in [0.4, 0.5) is 18.0 Å². The summed E-state index contributed by atoms with van der Waals surface area (Å²) in [7, 11) is 1.29. The van der Waals surface area contributed by atoms with Crippen LogP contribution in [0.15, 0.2) is 36.7 Å². The lowest BCUT2D eigenvalue weighted by molar-refractivity contribution is -0.0502. The number of unbranched alkanes of at least 4 members (excludes halogenated alkanes) is 1. The number of hydrogen-bond acceptors (Lipinski definition) is 6. The fourth-order valence-corrected chi connectivity index (χ4v) is 4.12. The van der Waals surface area contributed by atoms with Crippen molar-refractivity contribution in [3.63, 3.8) is 0 Å². The lowest BCUT2D eigenvalue weighted by Crippen LogP contribution is -2.41. The lowest BCUT2D eigenvalue weighted by atomic mass is 9.95. The van der Waals surface area contributed by atoms with Gasteiger partial charge in [-0.1, -0.05) is 19.4 Å². The summed E-state index contributed by atoms with van der Waals surface area (Å²) in [6.07, 6.45) is 3.42. The standard InChI is InChI=1S/C27H31F3N4O5/c1-5-6-9-38-26(36)33-27(2,3)16-7-8-20-17(13-31-34(20)14-16)15-10-21(37-4)23(22(11-15)39-25(29)30)24(35)32-19-12-18(19)28/h7-8,10-11,13-14,18-19,25H,5-6,9,12H2,1-4H3,(H,32,35)(H,33,36). The number of ether oxygens (including phenoxy) is 3. The van der Waals surface area contributed by atoms with Gasteiger partial charge >= 0.3 is 12.7 Å².